The SMILES string of the molecule is O=C(c1ccc(=O)[nH]c1)N1CCC(CCl)C1. The Hall–Kier alpha value is -1.29. The molecular formula is C11H13ClN2O2. The molecule has 2 heterocycles. The number of hydrogen-bond donors (Lipinski definition) is 1. The number of nitrogens with one attached hydrogen (secondary N) is 1. The van der Waals surface area contributed by atoms with E-state index in [2.05, 4.69) is 4.98 Å². The van der Waals surface area contributed by atoms with Gasteiger partial charge in [-0.3, -0.25) is 9.59 Å². The predicted octanol–water partition coefficient (Wildman–Crippen LogP) is 1.08. The van der Waals surface area contributed by atoms with Crippen molar-refractivity contribution in [3.05, 3.63) is 34.2 Å². The molecule has 1 aromatic heterocycles. The topological polar surface area (TPSA) is 53.2 Å². The van der Waals surface area contributed by atoms with E-state index in [1.807, 2.05) is 0 Å². The fourth-order valence-corrected chi connectivity index (χ4v) is 2.12. The Morgan fingerprint density at radius 3 is 2.94 bits per heavy atom. The Balaban J connectivity index is 2.08. The maximum absolute atomic E-state index is 12.0. The molecule has 0 aromatic carbocycles. The second kappa shape index (κ2) is 4.70. The smallest absolute Gasteiger partial charge is 0.255 e. The molecule has 1 atom stereocenters. The van der Waals surface area contributed by atoms with E-state index in [4.69, 9.17) is 11.6 Å². The van der Waals surface area contributed by atoms with Crippen LogP contribution in [0.1, 0.15) is 16.8 Å². The fourth-order valence-electron chi connectivity index (χ4n) is 1.87. The summed E-state index contributed by atoms with van der Waals surface area (Å²) in [5.74, 6) is 0.951. The molecule has 1 N–H and O–H groups in total. The first-order valence-corrected chi connectivity index (χ1v) is 5.78. The van der Waals surface area contributed by atoms with Gasteiger partial charge in [0.1, 0.15) is 0 Å². The van der Waals surface area contributed by atoms with Gasteiger partial charge in [0.15, 0.2) is 0 Å². The average molecular weight is 241 g/mol. The minimum atomic E-state index is -0.198. The Morgan fingerprint density at radius 2 is 2.38 bits per heavy atom. The van der Waals surface area contributed by atoms with Gasteiger partial charge in [-0.15, -0.1) is 11.6 Å². The molecule has 0 spiro atoms. The number of rotatable bonds is 2. The summed E-state index contributed by atoms with van der Waals surface area (Å²) in [6, 6.07) is 2.91. The van der Waals surface area contributed by atoms with Gasteiger partial charge in [0, 0.05) is 31.2 Å². The first-order valence-electron chi connectivity index (χ1n) is 5.24. The van der Waals surface area contributed by atoms with Crippen molar-refractivity contribution in [2.45, 2.75) is 6.42 Å². The third-order valence-corrected chi connectivity index (χ3v) is 3.26. The Labute approximate surface area is 98.2 Å². The summed E-state index contributed by atoms with van der Waals surface area (Å²) in [5, 5.41) is 0. The second-order valence-corrected chi connectivity index (χ2v) is 4.31. The molecule has 1 saturated heterocycles. The molecule has 0 aliphatic carbocycles. The minimum absolute atomic E-state index is 0.0381. The molecule has 1 aliphatic rings. The van der Waals surface area contributed by atoms with Gasteiger partial charge in [0.2, 0.25) is 5.56 Å². The van der Waals surface area contributed by atoms with Crippen LogP contribution in [0.15, 0.2) is 23.1 Å². The van der Waals surface area contributed by atoms with E-state index in [0.29, 0.717) is 23.9 Å². The molecule has 16 heavy (non-hydrogen) atoms. The largest absolute Gasteiger partial charge is 0.338 e. The second-order valence-electron chi connectivity index (χ2n) is 4.00. The molecule has 0 saturated carbocycles. The number of likely N-dealkylation sites (tertiary alicyclic amines) is 1. The van der Waals surface area contributed by atoms with Crippen LogP contribution in [0.25, 0.3) is 0 Å². The zero-order valence-corrected chi connectivity index (χ0v) is 9.54. The van der Waals surface area contributed by atoms with Crippen molar-refractivity contribution in [3.8, 4) is 0 Å². The normalized spacial score (nSPS) is 20.1. The summed E-state index contributed by atoms with van der Waals surface area (Å²) in [5.41, 5.74) is 0.325. The van der Waals surface area contributed by atoms with E-state index in [1.165, 1.54) is 12.3 Å². The van der Waals surface area contributed by atoms with Crippen molar-refractivity contribution < 1.29 is 4.79 Å². The van der Waals surface area contributed by atoms with Crippen LogP contribution in [0.5, 0.6) is 0 Å². The van der Waals surface area contributed by atoms with Crippen molar-refractivity contribution in [2.24, 2.45) is 5.92 Å². The van der Waals surface area contributed by atoms with Gasteiger partial charge < -0.3 is 9.88 Å². The van der Waals surface area contributed by atoms with Gasteiger partial charge in [-0.1, -0.05) is 0 Å². The molecule has 5 heteroatoms. The van der Waals surface area contributed by atoms with E-state index >= 15 is 0 Å². The lowest BCUT2D eigenvalue weighted by molar-refractivity contribution is 0.0788. The minimum Gasteiger partial charge on any atom is -0.338 e. The Morgan fingerprint density at radius 1 is 1.56 bits per heavy atom. The zero-order chi connectivity index (χ0) is 11.5. The summed E-state index contributed by atoms with van der Waals surface area (Å²) >= 11 is 5.76. The number of H-pyrrole nitrogens is 1. The predicted molar refractivity (Wildman–Crippen MR) is 61.8 cm³/mol. The van der Waals surface area contributed by atoms with Gasteiger partial charge in [0.25, 0.3) is 5.91 Å². The van der Waals surface area contributed by atoms with Gasteiger partial charge in [-0.05, 0) is 18.4 Å². The summed E-state index contributed by atoms with van der Waals surface area (Å²) in [4.78, 5) is 27.1. The third kappa shape index (κ3) is 2.27. The molecule has 1 amide bonds. The van der Waals surface area contributed by atoms with Crippen LogP contribution in [-0.4, -0.2) is 34.8 Å². The monoisotopic (exact) mass is 240 g/mol. The number of alkyl halides is 1. The quantitative estimate of drug-likeness (QED) is 0.787. The molecule has 1 aliphatic heterocycles. The number of aromatic amines is 1. The molecule has 0 bridgehead atoms. The Bertz CT molecular complexity index is 423. The number of carbonyl (C=O) groups excluding carboxylic acids is 1. The van der Waals surface area contributed by atoms with E-state index in [0.717, 1.165) is 13.0 Å². The molecule has 2 rings (SSSR count). The summed E-state index contributed by atoms with van der Waals surface area (Å²) in [6.07, 6.45) is 2.41. The molecule has 1 fully saturated rings. The van der Waals surface area contributed by atoms with E-state index < -0.39 is 0 Å². The van der Waals surface area contributed by atoms with Gasteiger partial charge in [-0.2, -0.15) is 0 Å². The van der Waals surface area contributed by atoms with Crippen molar-refractivity contribution >= 4 is 17.5 Å². The highest BCUT2D eigenvalue weighted by molar-refractivity contribution is 6.18. The van der Waals surface area contributed by atoms with Crippen LogP contribution in [0.3, 0.4) is 0 Å². The summed E-state index contributed by atoms with van der Waals surface area (Å²) in [7, 11) is 0. The molecule has 1 unspecified atom stereocenters. The van der Waals surface area contributed by atoms with Crippen LogP contribution in [0.2, 0.25) is 0 Å². The van der Waals surface area contributed by atoms with Crippen LogP contribution in [0, 0.1) is 5.92 Å². The lowest BCUT2D eigenvalue weighted by Crippen LogP contribution is -2.29. The highest BCUT2D eigenvalue weighted by Crippen LogP contribution is 2.19. The van der Waals surface area contributed by atoms with Crippen molar-refractivity contribution in [1.82, 2.24) is 9.88 Å². The highest BCUT2D eigenvalue weighted by Gasteiger charge is 2.26. The molecule has 0 radical (unpaired) electrons. The average Bonchev–Trinajstić information content (AvgIpc) is 2.77. The lowest BCUT2D eigenvalue weighted by atomic mass is 10.2. The first-order chi connectivity index (χ1) is 7.70. The molecule has 1 aromatic rings. The van der Waals surface area contributed by atoms with Gasteiger partial charge >= 0.3 is 0 Å². The number of nitrogens with zero attached hydrogens (tertiary/aromatic N) is 1. The lowest BCUT2D eigenvalue weighted by Gasteiger charge is -2.15. The summed E-state index contributed by atoms with van der Waals surface area (Å²) in [6.45, 7) is 1.46. The van der Waals surface area contributed by atoms with Crippen molar-refractivity contribution in [1.29, 1.82) is 0 Å². The standard InChI is InChI=1S/C11H13ClN2O2/c12-5-8-3-4-14(7-8)11(16)9-1-2-10(15)13-6-9/h1-2,6,8H,3-5,7H2,(H,13,15). The maximum atomic E-state index is 12.0. The third-order valence-electron chi connectivity index (χ3n) is 2.82. The van der Waals surface area contributed by atoms with E-state index in [1.54, 1.807) is 11.0 Å². The first kappa shape index (κ1) is 11.2. The van der Waals surface area contributed by atoms with Crippen molar-refractivity contribution in [2.75, 3.05) is 19.0 Å². The van der Waals surface area contributed by atoms with E-state index in [9.17, 15) is 9.59 Å². The molecule has 86 valence electrons. The van der Waals surface area contributed by atoms with Crippen LogP contribution >= 0.6 is 11.6 Å². The summed E-state index contributed by atoms with van der Waals surface area (Å²) < 4.78 is 0. The number of amides is 1. The number of aromatic nitrogens is 1. The van der Waals surface area contributed by atoms with Crippen LogP contribution < -0.4 is 5.56 Å². The van der Waals surface area contributed by atoms with Crippen LogP contribution in [-0.2, 0) is 0 Å². The Kier molecular flexibility index (Phi) is 3.29. The number of pyridine rings is 1. The molecular weight excluding hydrogens is 228 g/mol. The van der Waals surface area contributed by atoms with E-state index in [-0.39, 0.29) is 11.5 Å². The van der Waals surface area contributed by atoms with Crippen LogP contribution in [0.4, 0.5) is 0 Å². The zero-order valence-electron chi connectivity index (χ0n) is 8.78. The molecule has 4 nitrogen and oxygen atoms in total. The van der Waals surface area contributed by atoms with Gasteiger partial charge in [-0.25, -0.2) is 0 Å². The number of carbonyl (C=O) groups is 1. The van der Waals surface area contributed by atoms with Gasteiger partial charge in [0.05, 0.1) is 5.56 Å². The number of hydrogen-bond acceptors (Lipinski definition) is 2. The maximum Gasteiger partial charge on any atom is 0.255 e. The highest BCUT2D eigenvalue weighted by atomic mass is 35.5. The fraction of sp³-hybridized carbons (Fsp3) is 0.455. The number of halogens is 1. The van der Waals surface area contributed by atoms with Crippen molar-refractivity contribution in [3.63, 3.8) is 0 Å².